The quantitative estimate of drug-likeness (QED) is 0.875. The second kappa shape index (κ2) is 6.81. The van der Waals surface area contributed by atoms with Crippen LogP contribution in [0.4, 0.5) is 5.69 Å². The van der Waals surface area contributed by atoms with E-state index in [0.29, 0.717) is 24.4 Å². The van der Waals surface area contributed by atoms with Crippen molar-refractivity contribution in [1.82, 2.24) is 9.29 Å². The number of sulfonamides is 1. The number of nitrogens with zero attached hydrogens (tertiary/aromatic N) is 2. The Morgan fingerprint density at radius 1 is 1.24 bits per heavy atom. The molecule has 3 rings (SSSR count). The zero-order valence-corrected chi connectivity index (χ0v) is 14.8. The van der Waals surface area contributed by atoms with E-state index in [0.717, 1.165) is 5.56 Å². The minimum absolute atomic E-state index is 0.113. The van der Waals surface area contributed by atoms with Crippen LogP contribution in [0.25, 0.3) is 0 Å². The fourth-order valence-electron chi connectivity index (χ4n) is 2.48. The highest BCUT2D eigenvalue weighted by atomic mass is 32.2. The van der Waals surface area contributed by atoms with Gasteiger partial charge < -0.3 is 10.1 Å². The van der Waals surface area contributed by atoms with Gasteiger partial charge in [0.25, 0.3) is 5.91 Å². The molecule has 0 spiro atoms. The molecule has 1 aliphatic heterocycles. The van der Waals surface area contributed by atoms with Crippen LogP contribution in [0.1, 0.15) is 12.5 Å². The molecule has 1 aliphatic rings. The predicted molar refractivity (Wildman–Crippen MR) is 92.9 cm³/mol. The average molecular weight is 361 g/mol. The van der Waals surface area contributed by atoms with Crippen molar-refractivity contribution >= 4 is 21.6 Å². The number of aromatic nitrogens is 1. The fraction of sp³-hybridized carbons (Fsp3) is 0.294. The number of likely N-dealkylation sites (N-methyl/N-ethyl adjacent to an activating group) is 1. The zero-order chi connectivity index (χ0) is 18.0. The summed E-state index contributed by atoms with van der Waals surface area (Å²) in [5.41, 5.74) is 1.38. The lowest BCUT2D eigenvalue weighted by Crippen LogP contribution is -2.34. The van der Waals surface area contributed by atoms with Crippen LogP contribution in [-0.2, 0) is 21.2 Å². The van der Waals surface area contributed by atoms with Gasteiger partial charge in [0.1, 0.15) is 5.75 Å². The first-order valence-corrected chi connectivity index (χ1v) is 9.29. The van der Waals surface area contributed by atoms with Gasteiger partial charge in [0.2, 0.25) is 10.0 Å². The summed E-state index contributed by atoms with van der Waals surface area (Å²) in [6.07, 6.45) is 3.34. The lowest BCUT2D eigenvalue weighted by atomic mass is 10.2. The summed E-state index contributed by atoms with van der Waals surface area (Å²) < 4.78 is 32.2. The molecule has 1 aromatic heterocycles. The lowest BCUT2D eigenvalue weighted by molar-refractivity contribution is -0.122. The molecule has 7 nitrogen and oxygen atoms in total. The van der Waals surface area contributed by atoms with E-state index in [2.05, 4.69) is 10.3 Å². The van der Waals surface area contributed by atoms with Crippen LogP contribution in [0.15, 0.2) is 47.6 Å². The van der Waals surface area contributed by atoms with Gasteiger partial charge in [0, 0.05) is 26.0 Å². The molecule has 1 atom stereocenters. The van der Waals surface area contributed by atoms with Crippen molar-refractivity contribution in [2.45, 2.75) is 24.3 Å². The van der Waals surface area contributed by atoms with Crippen molar-refractivity contribution in [3.8, 4) is 5.75 Å². The van der Waals surface area contributed by atoms with Crippen LogP contribution < -0.4 is 10.1 Å². The number of anilines is 1. The van der Waals surface area contributed by atoms with E-state index in [1.807, 2.05) is 12.1 Å². The number of pyridine rings is 1. The molecule has 2 heterocycles. The van der Waals surface area contributed by atoms with Crippen molar-refractivity contribution in [2.24, 2.45) is 0 Å². The maximum atomic E-state index is 12.7. The maximum absolute atomic E-state index is 12.7. The maximum Gasteiger partial charge on any atom is 0.265 e. The van der Waals surface area contributed by atoms with Crippen molar-refractivity contribution < 1.29 is 17.9 Å². The molecule has 2 aromatic rings. The summed E-state index contributed by atoms with van der Waals surface area (Å²) in [6.45, 7) is 1.97. The second-order valence-electron chi connectivity index (χ2n) is 5.84. The molecule has 25 heavy (non-hydrogen) atoms. The number of nitrogens with one attached hydrogen (secondary N) is 1. The van der Waals surface area contributed by atoms with Crippen LogP contribution in [0.2, 0.25) is 0 Å². The number of benzene rings is 1. The van der Waals surface area contributed by atoms with Gasteiger partial charge in [0.05, 0.1) is 10.6 Å². The number of hydrogen-bond acceptors (Lipinski definition) is 5. The Hall–Kier alpha value is -2.45. The SMILES string of the molecule is CC1Oc2ccc(S(=O)(=O)N(C)CCc3ccncc3)cc2NC1=O. The summed E-state index contributed by atoms with van der Waals surface area (Å²) in [7, 11) is -2.13. The van der Waals surface area contributed by atoms with Crippen molar-refractivity contribution in [3.05, 3.63) is 48.3 Å². The minimum atomic E-state index is -3.66. The van der Waals surface area contributed by atoms with Gasteiger partial charge in [-0.05, 0) is 49.2 Å². The second-order valence-corrected chi connectivity index (χ2v) is 7.88. The summed E-state index contributed by atoms with van der Waals surface area (Å²) in [5, 5.41) is 2.67. The molecule has 8 heteroatoms. The molecular formula is C17H19N3O4S. The highest BCUT2D eigenvalue weighted by Crippen LogP contribution is 2.32. The third-order valence-corrected chi connectivity index (χ3v) is 5.91. The molecule has 0 fully saturated rings. The Morgan fingerprint density at radius 2 is 1.96 bits per heavy atom. The Morgan fingerprint density at radius 3 is 2.68 bits per heavy atom. The van der Waals surface area contributed by atoms with E-state index in [4.69, 9.17) is 4.74 Å². The molecule has 1 amide bonds. The third-order valence-electron chi connectivity index (χ3n) is 4.05. The summed E-state index contributed by atoms with van der Waals surface area (Å²) >= 11 is 0. The standard InChI is InChI=1S/C17H19N3O4S/c1-12-17(21)19-15-11-14(3-4-16(15)24-12)25(22,23)20(2)10-7-13-5-8-18-9-6-13/h3-6,8-9,11-12H,7,10H2,1-2H3,(H,19,21). The molecule has 0 radical (unpaired) electrons. The van der Waals surface area contributed by atoms with E-state index in [-0.39, 0.29) is 10.8 Å². The van der Waals surface area contributed by atoms with Crippen molar-refractivity contribution in [2.75, 3.05) is 18.9 Å². The van der Waals surface area contributed by atoms with Gasteiger partial charge in [-0.1, -0.05) is 0 Å². The normalized spacial score (nSPS) is 16.9. The average Bonchev–Trinajstić information content (AvgIpc) is 2.61. The fourth-order valence-corrected chi connectivity index (χ4v) is 3.68. The van der Waals surface area contributed by atoms with Gasteiger partial charge in [0.15, 0.2) is 6.10 Å². The molecule has 0 saturated carbocycles. The smallest absolute Gasteiger partial charge is 0.265 e. The number of hydrogen-bond donors (Lipinski definition) is 1. The van der Waals surface area contributed by atoms with Crippen LogP contribution in [0.5, 0.6) is 5.75 Å². The van der Waals surface area contributed by atoms with Crippen LogP contribution in [0, 0.1) is 0 Å². The van der Waals surface area contributed by atoms with Gasteiger partial charge in [-0.15, -0.1) is 0 Å². The van der Waals surface area contributed by atoms with Crippen LogP contribution in [0.3, 0.4) is 0 Å². The Labute approximate surface area is 146 Å². The first kappa shape index (κ1) is 17.4. The molecule has 0 saturated heterocycles. The van der Waals surface area contributed by atoms with Crippen molar-refractivity contribution in [3.63, 3.8) is 0 Å². The zero-order valence-electron chi connectivity index (χ0n) is 14.0. The van der Waals surface area contributed by atoms with E-state index >= 15 is 0 Å². The molecular weight excluding hydrogens is 342 g/mol. The molecule has 1 unspecified atom stereocenters. The number of carbonyl (C=O) groups excluding carboxylic acids is 1. The summed E-state index contributed by atoms with van der Waals surface area (Å²) in [6, 6.07) is 8.19. The minimum Gasteiger partial charge on any atom is -0.479 e. The number of amides is 1. The van der Waals surface area contributed by atoms with Crippen LogP contribution in [-0.4, -0.2) is 43.3 Å². The largest absolute Gasteiger partial charge is 0.479 e. The molecule has 0 aliphatic carbocycles. The van der Waals surface area contributed by atoms with Gasteiger partial charge >= 0.3 is 0 Å². The van der Waals surface area contributed by atoms with E-state index in [1.54, 1.807) is 25.4 Å². The first-order valence-electron chi connectivity index (χ1n) is 7.85. The van der Waals surface area contributed by atoms with Gasteiger partial charge in [-0.2, -0.15) is 0 Å². The van der Waals surface area contributed by atoms with E-state index in [9.17, 15) is 13.2 Å². The first-order chi connectivity index (χ1) is 11.9. The highest BCUT2D eigenvalue weighted by Gasteiger charge is 2.27. The monoisotopic (exact) mass is 361 g/mol. The Balaban J connectivity index is 1.78. The Bertz CT molecular complexity index is 884. The summed E-state index contributed by atoms with van der Waals surface area (Å²) in [5.74, 6) is 0.165. The number of rotatable bonds is 5. The number of fused-ring (bicyclic) bond motifs is 1. The number of ether oxygens (including phenoxy) is 1. The molecule has 1 aromatic carbocycles. The van der Waals surface area contributed by atoms with E-state index in [1.165, 1.54) is 23.5 Å². The van der Waals surface area contributed by atoms with Gasteiger partial charge in [-0.25, -0.2) is 12.7 Å². The van der Waals surface area contributed by atoms with Crippen molar-refractivity contribution in [1.29, 1.82) is 0 Å². The van der Waals surface area contributed by atoms with Crippen LogP contribution >= 0.6 is 0 Å². The molecule has 1 N–H and O–H groups in total. The summed E-state index contributed by atoms with van der Waals surface area (Å²) in [4.78, 5) is 15.8. The molecule has 132 valence electrons. The third kappa shape index (κ3) is 3.64. The van der Waals surface area contributed by atoms with E-state index < -0.39 is 16.1 Å². The predicted octanol–water partition coefficient (Wildman–Crippen LogP) is 1.66. The molecule has 0 bridgehead atoms. The number of carbonyl (C=O) groups is 1. The van der Waals surface area contributed by atoms with Gasteiger partial charge in [-0.3, -0.25) is 9.78 Å². The highest BCUT2D eigenvalue weighted by molar-refractivity contribution is 7.89. The topological polar surface area (TPSA) is 88.6 Å². The lowest BCUT2D eigenvalue weighted by Gasteiger charge is -2.24. The Kier molecular flexibility index (Phi) is 4.73.